The summed E-state index contributed by atoms with van der Waals surface area (Å²) in [5.41, 5.74) is 2.31. The van der Waals surface area contributed by atoms with Gasteiger partial charge >= 0.3 is 5.97 Å². The first kappa shape index (κ1) is 22.3. The molecule has 6 nitrogen and oxygen atoms in total. The number of nitrogens with zero attached hydrogens (tertiary/aromatic N) is 3. The van der Waals surface area contributed by atoms with Crippen LogP contribution in [0, 0.1) is 0 Å². The largest absolute Gasteiger partial charge is 0.478 e. The van der Waals surface area contributed by atoms with Gasteiger partial charge in [0.25, 0.3) is 0 Å². The van der Waals surface area contributed by atoms with Gasteiger partial charge in [0.05, 0.1) is 5.56 Å². The van der Waals surface area contributed by atoms with E-state index in [2.05, 4.69) is 39.4 Å². The number of carboxylic acids is 1. The molecule has 2 aromatic rings. The predicted molar refractivity (Wildman–Crippen MR) is 129 cm³/mol. The number of hydrogen-bond acceptors (Lipinski definition) is 3. The van der Waals surface area contributed by atoms with Crippen LogP contribution in [-0.2, 0) is 6.42 Å². The second kappa shape index (κ2) is 11.1. The Morgan fingerprint density at radius 1 is 0.969 bits per heavy atom. The Morgan fingerprint density at radius 3 is 2.44 bits per heavy atom. The van der Waals surface area contributed by atoms with E-state index in [1.54, 1.807) is 18.2 Å². The molecule has 2 fully saturated rings. The molecule has 170 valence electrons. The number of benzene rings is 2. The molecule has 2 aromatic carbocycles. The zero-order valence-corrected chi connectivity index (χ0v) is 18.7. The van der Waals surface area contributed by atoms with Gasteiger partial charge in [-0.3, -0.25) is 9.89 Å². The van der Waals surface area contributed by atoms with E-state index >= 15 is 0 Å². The monoisotopic (exact) mass is 434 g/mol. The molecular formula is C26H34N4O2. The number of guanidine groups is 1. The number of carboxylic acid groups (broad SMARTS) is 1. The van der Waals surface area contributed by atoms with E-state index in [1.165, 1.54) is 37.7 Å². The van der Waals surface area contributed by atoms with Crippen LogP contribution in [-0.4, -0.2) is 65.6 Å². The lowest BCUT2D eigenvalue weighted by Crippen LogP contribution is -2.53. The van der Waals surface area contributed by atoms with Crippen molar-refractivity contribution in [3.63, 3.8) is 0 Å². The average molecular weight is 435 g/mol. The van der Waals surface area contributed by atoms with Crippen LogP contribution in [0.25, 0.3) is 0 Å². The minimum absolute atomic E-state index is 0.278. The third kappa shape index (κ3) is 6.10. The quantitative estimate of drug-likeness (QED) is 0.523. The molecular weight excluding hydrogens is 400 g/mol. The van der Waals surface area contributed by atoms with Gasteiger partial charge in [0, 0.05) is 44.5 Å². The van der Waals surface area contributed by atoms with Crippen LogP contribution in [0.1, 0.15) is 48.0 Å². The van der Waals surface area contributed by atoms with Gasteiger partial charge < -0.3 is 15.3 Å². The number of nitrogens with one attached hydrogen (secondary N) is 1. The summed E-state index contributed by atoms with van der Waals surface area (Å²) in [5.74, 6) is -0.0796. The van der Waals surface area contributed by atoms with E-state index in [0.29, 0.717) is 6.54 Å². The van der Waals surface area contributed by atoms with E-state index in [4.69, 9.17) is 4.99 Å². The molecule has 0 atom stereocenters. The SMILES string of the molecule is O=C(O)c1cccc(NC(=NCCc2ccccc2)N2CCN(C3CCCCC3)CC2)c1. The Labute approximate surface area is 191 Å². The number of carbonyl (C=O) groups is 1. The van der Waals surface area contributed by atoms with Gasteiger partial charge in [-0.1, -0.05) is 55.7 Å². The summed E-state index contributed by atoms with van der Waals surface area (Å²) < 4.78 is 0. The lowest BCUT2D eigenvalue weighted by Gasteiger charge is -2.41. The zero-order chi connectivity index (χ0) is 22.2. The topological polar surface area (TPSA) is 68.2 Å². The van der Waals surface area contributed by atoms with Gasteiger partial charge in [-0.05, 0) is 43.0 Å². The normalized spacial score (nSPS) is 18.5. The van der Waals surface area contributed by atoms with Crippen LogP contribution in [0.15, 0.2) is 59.6 Å². The van der Waals surface area contributed by atoms with Gasteiger partial charge in [0.15, 0.2) is 5.96 Å². The first-order valence-electron chi connectivity index (χ1n) is 11.9. The Hall–Kier alpha value is -2.86. The van der Waals surface area contributed by atoms with Crippen molar-refractivity contribution < 1.29 is 9.90 Å². The number of aromatic carboxylic acids is 1. The number of anilines is 1. The van der Waals surface area contributed by atoms with Crippen molar-refractivity contribution in [2.45, 2.75) is 44.6 Å². The first-order chi connectivity index (χ1) is 15.7. The number of hydrogen-bond donors (Lipinski definition) is 2. The van der Waals surface area contributed by atoms with Crippen LogP contribution >= 0.6 is 0 Å². The summed E-state index contributed by atoms with van der Waals surface area (Å²) in [4.78, 5) is 21.3. The molecule has 4 rings (SSSR count). The minimum atomic E-state index is -0.919. The smallest absolute Gasteiger partial charge is 0.335 e. The van der Waals surface area contributed by atoms with Crippen molar-refractivity contribution in [1.29, 1.82) is 0 Å². The number of aliphatic imine (C=N–C) groups is 1. The van der Waals surface area contributed by atoms with Crippen LogP contribution in [0.3, 0.4) is 0 Å². The molecule has 1 heterocycles. The lowest BCUT2D eigenvalue weighted by atomic mass is 9.94. The molecule has 1 aliphatic carbocycles. The van der Waals surface area contributed by atoms with Crippen LogP contribution in [0.4, 0.5) is 5.69 Å². The molecule has 1 saturated carbocycles. The molecule has 1 aliphatic heterocycles. The molecule has 2 aliphatic rings. The standard InChI is InChI=1S/C26H34N4O2/c31-25(32)22-10-7-11-23(20-22)28-26(27-15-14-21-8-3-1-4-9-21)30-18-16-29(17-19-30)24-12-5-2-6-13-24/h1,3-4,7-11,20,24H,2,5-6,12-19H2,(H,27,28)(H,31,32). The van der Waals surface area contributed by atoms with E-state index in [0.717, 1.165) is 50.3 Å². The van der Waals surface area contributed by atoms with E-state index in [-0.39, 0.29) is 5.56 Å². The molecule has 0 unspecified atom stereocenters. The lowest BCUT2D eigenvalue weighted by molar-refractivity contribution is 0.0697. The maximum atomic E-state index is 11.4. The van der Waals surface area contributed by atoms with Crippen molar-refractivity contribution in [2.24, 2.45) is 4.99 Å². The molecule has 1 saturated heterocycles. The van der Waals surface area contributed by atoms with Crippen LogP contribution in [0.2, 0.25) is 0 Å². The van der Waals surface area contributed by atoms with Gasteiger partial charge in [-0.25, -0.2) is 4.79 Å². The van der Waals surface area contributed by atoms with Crippen LogP contribution in [0.5, 0.6) is 0 Å². The highest BCUT2D eigenvalue weighted by Gasteiger charge is 2.26. The maximum absolute atomic E-state index is 11.4. The molecule has 0 bridgehead atoms. The molecule has 0 radical (unpaired) electrons. The van der Waals surface area contributed by atoms with Crippen molar-refractivity contribution in [1.82, 2.24) is 9.80 Å². The summed E-state index contributed by atoms with van der Waals surface area (Å²) >= 11 is 0. The summed E-state index contributed by atoms with van der Waals surface area (Å²) in [6.45, 7) is 4.67. The summed E-state index contributed by atoms with van der Waals surface area (Å²) in [6.07, 6.45) is 7.64. The molecule has 2 N–H and O–H groups in total. The number of rotatable bonds is 6. The van der Waals surface area contributed by atoms with E-state index in [9.17, 15) is 9.90 Å². The van der Waals surface area contributed by atoms with Crippen molar-refractivity contribution in [3.8, 4) is 0 Å². The van der Waals surface area contributed by atoms with Crippen molar-refractivity contribution in [3.05, 3.63) is 65.7 Å². The van der Waals surface area contributed by atoms with Gasteiger partial charge in [-0.2, -0.15) is 0 Å². The zero-order valence-electron chi connectivity index (χ0n) is 18.7. The second-order valence-corrected chi connectivity index (χ2v) is 8.77. The molecule has 6 heteroatoms. The van der Waals surface area contributed by atoms with E-state index in [1.807, 2.05) is 12.1 Å². The Balaban J connectivity index is 1.44. The fourth-order valence-electron chi connectivity index (χ4n) is 4.76. The average Bonchev–Trinajstić information content (AvgIpc) is 2.85. The maximum Gasteiger partial charge on any atom is 0.335 e. The Bertz CT molecular complexity index is 901. The summed E-state index contributed by atoms with van der Waals surface area (Å²) in [7, 11) is 0. The Morgan fingerprint density at radius 2 is 1.72 bits per heavy atom. The fourth-order valence-corrected chi connectivity index (χ4v) is 4.76. The highest BCUT2D eigenvalue weighted by atomic mass is 16.4. The number of piperazine rings is 1. The molecule has 32 heavy (non-hydrogen) atoms. The summed E-state index contributed by atoms with van der Waals surface area (Å²) in [5, 5.41) is 12.8. The highest BCUT2D eigenvalue weighted by Crippen LogP contribution is 2.23. The van der Waals surface area contributed by atoms with Crippen molar-refractivity contribution >= 4 is 17.6 Å². The van der Waals surface area contributed by atoms with Crippen LogP contribution < -0.4 is 5.32 Å². The van der Waals surface area contributed by atoms with Gasteiger partial charge in [-0.15, -0.1) is 0 Å². The second-order valence-electron chi connectivity index (χ2n) is 8.77. The molecule has 0 amide bonds. The molecule has 0 spiro atoms. The van der Waals surface area contributed by atoms with Gasteiger partial charge in [0.2, 0.25) is 0 Å². The van der Waals surface area contributed by atoms with Crippen molar-refractivity contribution in [2.75, 3.05) is 38.0 Å². The van der Waals surface area contributed by atoms with E-state index < -0.39 is 5.97 Å². The summed E-state index contributed by atoms with van der Waals surface area (Å²) in [6, 6.07) is 18.1. The first-order valence-corrected chi connectivity index (χ1v) is 11.9. The fraction of sp³-hybridized carbons (Fsp3) is 0.462. The van der Waals surface area contributed by atoms with Gasteiger partial charge in [0.1, 0.15) is 0 Å². The molecule has 0 aromatic heterocycles. The highest BCUT2D eigenvalue weighted by molar-refractivity contribution is 5.95. The Kier molecular flexibility index (Phi) is 7.77. The predicted octanol–water partition coefficient (Wildman–Crippen LogP) is 4.35. The third-order valence-corrected chi connectivity index (χ3v) is 6.58. The third-order valence-electron chi connectivity index (χ3n) is 6.58. The minimum Gasteiger partial charge on any atom is -0.478 e.